The van der Waals surface area contributed by atoms with Crippen LogP contribution < -0.4 is 11.1 Å². The lowest BCUT2D eigenvalue weighted by Crippen LogP contribution is -2.12. The van der Waals surface area contributed by atoms with Crippen LogP contribution in [0.1, 0.15) is 66.2 Å². The number of benzene rings is 2. The fourth-order valence-corrected chi connectivity index (χ4v) is 4.04. The summed E-state index contributed by atoms with van der Waals surface area (Å²) in [6.07, 6.45) is 6.36. The molecule has 5 N–H and O–H groups in total. The number of aryl methyl sites for hydroxylation is 1. The number of aromatic nitrogens is 2. The van der Waals surface area contributed by atoms with Gasteiger partial charge in [-0.05, 0) is 49.6 Å². The Hall–Kier alpha value is -3.41. The molecule has 3 aromatic rings. The number of hydrogen-bond acceptors (Lipinski definition) is 5. The van der Waals surface area contributed by atoms with Crippen LogP contribution in [0.5, 0.6) is 5.75 Å². The monoisotopic (exact) mass is 415 g/mol. The fourth-order valence-electron chi connectivity index (χ4n) is 4.04. The van der Waals surface area contributed by atoms with Crippen LogP contribution in [0, 0.1) is 12.3 Å². The molecule has 160 valence electrons. The van der Waals surface area contributed by atoms with Crippen LogP contribution in [-0.4, -0.2) is 20.9 Å². The molecule has 0 radical (unpaired) electrons. The molecule has 0 amide bonds. The normalized spacial score (nSPS) is 14.4. The lowest BCUT2D eigenvalue weighted by molar-refractivity contribution is 0.421. The molecule has 4 rings (SSSR count). The summed E-state index contributed by atoms with van der Waals surface area (Å²) in [7, 11) is 0. The smallest absolute Gasteiger partial charge is 0.180 e. The van der Waals surface area contributed by atoms with Gasteiger partial charge in [-0.1, -0.05) is 49.1 Å². The average molecular weight is 416 g/mol. The van der Waals surface area contributed by atoms with E-state index < -0.39 is 0 Å². The van der Waals surface area contributed by atoms with Gasteiger partial charge in [-0.2, -0.15) is 0 Å². The van der Waals surface area contributed by atoms with Crippen molar-refractivity contribution in [3.05, 3.63) is 76.7 Å². The zero-order valence-corrected chi connectivity index (χ0v) is 17.9. The molecule has 0 atom stereocenters. The second-order valence-electron chi connectivity index (χ2n) is 8.34. The molecule has 0 spiro atoms. The number of nitrogens with zero attached hydrogens (tertiary/aromatic N) is 2. The van der Waals surface area contributed by atoms with E-state index >= 15 is 0 Å². The van der Waals surface area contributed by atoms with Crippen molar-refractivity contribution < 1.29 is 5.11 Å². The van der Waals surface area contributed by atoms with Crippen LogP contribution in [0.2, 0.25) is 0 Å². The largest absolute Gasteiger partial charge is 0.503 e. The van der Waals surface area contributed by atoms with E-state index in [1.54, 1.807) is 12.1 Å². The number of amidine groups is 1. The molecule has 1 aliphatic rings. The summed E-state index contributed by atoms with van der Waals surface area (Å²) in [6, 6.07) is 15.5. The van der Waals surface area contributed by atoms with Gasteiger partial charge in [0.25, 0.3) is 0 Å². The van der Waals surface area contributed by atoms with Crippen molar-refractivity contribution in [1.29, 1.82) is 5.41 Å². The molecule has 31 heavy (non-hydrogen) atoms. The van der Waals surface area contributed by atoms with Gasteiger partial charge >= 0.3 is 0 Å². The molecule has 0 unspecified atom stereocenters. The molecular formula is C25H29N5O. The Morgan fingerprint density at radius 1 is 1.03 bits per heavy atom. The van der Waals surface area contributed by atoms with Crippen LogP contribution >= 0.6 is 0 Å². The third-order valence-electron chi connectivity index (χ3n) is 5.89. The van der Waals surface area contributed by atoms with E-state index in [4.69, 9.17) is 21.1 Å². The number of rotatable bonds is 6. The first-order chi connectivity index (χ1) is 15.0. The number of nitrogens with one attached hydrogen (secondary N) is 2. The summed E-state index contributed by atoms with van der Waals surface area (Å²) in [4.78, 5) is 9.53. The summed E-state index contributed by atoms with van der Waals surface area (Å²) in [5.41, 5.74) is 9.92. The van der Waals surface area contributed by atoms with Gasteiger partial charge in [0.1, 0.15) is 11.7 Å². The van der Waals surface area contributed by atoms with Gasteiger partial charge in [0.2, 0.25) is 0 Å². The van der Waals surface area contributed by atoms with E-state index in [-0.39, 0.29) is 11.6 Å². The Bertz CT molecular complexity index is 1050. The minimum Gasteiger partial charge on any atom is -0.503 e. The predicted molar refractivity (Wildman–Crippen MR) is 124 cm³/mol. The van der Waals surface area contributed by atoms with E-state index in [0.29, 0.717) is 29.4 Å². The van der Waals surface area contributed by atoms with Crippen molar-refractivity contribution >= 4 is 17.3 Å². The van der Waals surface area contributed by atoms with Gasteiger partial charge in [-0.3, -0.25) is 5.41 Å². The minimum atomic E-state index is 0.0244. The Labute approximate surface area is 183 Å². The first kappa shape index (κ1) is 20.8. The number of nitrogens with two attached hydrogens (primary N) is 1. The maximum absolute atomic E-state index is 11.0. The quantitative estimate of drug-likeness (QED) is 0.329. The average Bonchev–Trinajstić information content (AvgIpc) is 2.79. The molecule has 2 aromatic carbocycles. The van der Waals surface area contributed by atoms with Gasteiger partial charge in [0.15, 0.2) is 11.6 Å². The zero-order chi connectivity index (χ0) is 21.8. The highest BCUT2D eigenvalue weighted by molar-refractivity contribution is 5.95. The number of hydrogen-bond donors (Lipinski definition) is 4. The molecule has 1 heterocycles. The van der Waals surface area contributed by atoms with Crippen molar-refractivity contribution in [3.63, 3.8) is 0 Å². The van der Waals surface area contributed by atoms with Crippen LogP contribution in [0.25, 0.3) is 0 Å². The molecule has 0 aliphatic heterocycles. The maximum atomic E-state index is 11.0. The molecule has 0 saturated heterocycles. The van der Waals surface area contributed by atoms with Gasteiger partial charge in [0.05, 0.1) is 5.69 Å². The van der Waals surface area contributed by atoms with E-state index in [9.17, 15) is 5.11 Å². The van der Waals surface area contributed by atoms with Crippen LogP contribution in [-0.2, 0) is 6.42 Å². The second kappa shape index (κ2) is 9.16. The molecule has 1 aliphatic carbocycles. The van der Waals surface area contributed by atoms with Crippen molar-refractivity contribution in [1.82, 2.24) is 9.97 Å². The summed E-state index contributed by atoms with van der Waals surface area (Å²) in [5, 5.41) is 21.8. The van der Waals surface area contributed by atoms with E-state index in [1.807, 2.05) is 12.1 Å². The molecule has 1 fully saturated rings. The van der Waals surface area contributed by atoms with E-state index in [2.05, 4.69) is 36.5 Å². The molecule has 1 saturated carbocycles. The first-order valence-electron chi connectivity index (χ1n) is 10.9. The standard InChI is InChI=1S/C25H29N5O/c1-16-7-9-17(10-8-16)15-21-22(31)25(28-20-13-11-18(12-14-20)23(26)27)30-24(29-21)19-5-3-2-4-6-19/h7-14,19,31H,2-6,15H2,1H3,(H3,26,27)(H,28,29,30). The zero-order valence-electron chi connectivity index (χ0n) is 17.9. The molecule has 6 nitrogen and oxygen atoms in total. The Morgan fingerprint density at radius 2 is 1.71 bits per heavy atom. The molecule has 1 aromatic heterocycles. The summed E-state index contributed by atoms with van der Waals surface area (Å²) >= 11 is 0. The summed E-state index contributed by atoms with van der Waals surface area (Å²) in [6.45, 7) is 2.06. The third-order valence-corrected chi connectivity index (χ3v) is 5.89. The highest BCUT2D eigenvalue weighted by Crippen LogP contribution is 2.35. The van der Waals surface area contributed by atoms with Gasteiger partial charge in [-0.15, -0.1) is 0 Å². The SMILES string of the molecule is Cc1ccc(Cc2nc(C3CCCCC3)nc(Nc3ccc(C(=N)N)cc3)c2O)cc1. The van der Waals surface area contributed by atoms with E-state index in [1.165, 1.54) is 24.8 Å². The highest BCUT2D eigenvalue weighted by Gasteiger charge is 2.22. The van der Waals surface area contributed by atoms with Gasteiger partial charge in [-0.25, -0.2) is 9.97 Å². The van der Waals surface area contributed by atoms with E-state index in [0.717, 1.165) is 29.9 Å². The van der Waals surface area contributed by atoms with Crippen LogP contribution in [0.4, 0.5) is 11.5 Å². The Balaban J connectivity index is 1.68. The fraction of sp³-hybridized carbons (Fsp3) is 0.320. The van der Waals surface area contributed by atoms with Crippen molar-refractivity contribution in [2.75, 3.05) is 5.32 Å². The second-order valence-corrected chi connectivity index (χ2v) is 8.34. The first-order valence-corrected chi connectivity index (χ1v) is 10.9. The van der Waals surface area contributed by atoms with Gasteiger partial charge in [0, 0.05) is 23.6 Å². The van der Waals surface area contributed by atoms with Crippen molar-refractivity contribution in [2.45, 2.75) is 51.4 Å². The van der Waals surface area contributed by atoms with Gasteiger partial charge < -0.3 is 16.2 Å². The summed E-state index contributed by atoms with van der Waals surface area (Å²) in [5.74, 6) is 1.66. The topological polar surface area (TPSA) is 108 Å². The van der Waals surface area contributed by atoms with Crippen LogP contribution in [0.15, 0.2) is 48.5 Å². The predicted octanol–water partition coefficient (Wildman–Crippen LogP) is 5.16. The minimum absolute atomic E-state index is 0.0244. The number of aromatic hydroxyl groups is 1. The molecular weight excluding hydrogens is 386 g/mol. The Morgan fingerprint density at radius 3 is 2.35 bits per heavy atom. The highest BCUT2D eigenvalue weighted by atomic mass is 16.3. The summed E-state index contributed by atoms with van der Waals surface area (Å²) < 4.78 is 0. The maximum Gasteiger partial charge on any atom is 0.180 e. The van der Waals surface area contributed by atoms with Crippen molar-refractivity contribution in [2.24, 2.45) is 5.73 Å². The number of nitrogen functional groups attached to an aromatic ring is 1. The third kappa shape index (κ3) is 5.02. The molecule has 0 bridgehead atoms. The molecule has 6 heteroatoms. The lowest BCUT2D eigenvalue weighted by atomic mass is 9.88. The number of anilines is 2. The lowest BCUT2D eigenvalue weighted by Gasteiger charge is -2.22. The van der Waals surface area contributed by atoms with Crippen LogP contribution in [0.3, 0.4) is 0 Å². The van der Waals surface area contributed by atoms with Crippen molar-refractivity contribution in [3.8, 4) is 5.75 Å². The Kier molecular flexibility index (Phi) is 6.16.